The molecule has 1 heterocycles. The van der Waals surface area contributed by atoms with Gasteiger partial charge in [0.1, 0.15) is 5.75 Å². The number of nitrogens with one attached hydrogen (secondary N) is 1. The summed E-state index contributed by atoms with van der Waals surface area (Å²) < 4.78 is 29.1. The SMILES string of the molecule is Cc1cnccc1CNCc1ccccc1OC(F)F. The summed E-state index contributed by atoms with van der Waals surface area (Å²) >= 11 is 0. The Bertz CT molecular complexity index is 561. The summed E-state index contributed by atoms with van der Waals surface area (Å²) in [5.41, 5.74) is 2.93. The fourth-order valence-corrected chi connectivity index (χ4v) is 1.89. The van der Waals surface area contributed by atoms with Gasteiger partial charge in [0, 0.05) is 31.0 Å². The lowest BCUT2D eigenvalue weighted by Crippen LogP contribution is -2.15. The van der Waals surface area contributed by atoms with Gasteiger partial charge in [-0.15, -0.1) is 0 Å². The molecule has 2 rings (SSSR count). The van der Waals surface area contributed by atoms with Gasteiger partial charge in [0.15, 0.2) is 0 Å². The van der Waals surface area contributed by atoms with Gasteiger partial charge in [0.2, 0.25) is 0 Å². The molecule has 0 radical (unpaired) electrons. The standard InChI is InChI=1S/C15H16F2N2O/c1-11-8-18-7-6-12(11)9-19-10-13-4-2-3-5-14(13)20-15(16)17/h2-8,15,19H,9-10H2,1H3. The van der Waals surface area contributed by atoms with E-state index < -0.39 is 6.61 Å². The Morgan fingerprint density at radius 1 is 1.15 bits per heavy atom. The van der Waals surface area contributed by atoms with E-state index in [1.807, 2.05) is 13.0 Å². The highest BCUT2D eigenvalue weighted by molar-refractivity contribution is 5.33. The molecule has 0 aliphatic rings. The minimum absolute atomic E-state index is 0.210. The third kappa shape index (κ3) is 3.99. The van der Waals surface area contributed by atoms with E-state index in [1.54, 1.807) is 36.7 Å². The second kappa shape index (κ2) is 6.96. The van der Waals surface area contributed by atoms with Gasteiger partial charge in [-0.3, -0.25) is 4.98 Å². The number of aromatic nitrogens is 1. The minimum Gasteiger partial charge on any atom is -0.434 e. The van der Waals surface area contributed by atoms with E-state index in [4.69, 9.17) is 0 Å². The van der Waals surface area contributed by atoms with E-state index in [-0.39, 0.29) is 5.75 Å². The molecule has 1 aromatic carbocycles. The number of ether oxygens (including phenoxy) is 1. The van der Waals surface area contributed by atoms with Gasteiger partial charge < -0.3 is 10.1 Å². The predicted octanol–water partition coefficient (Wildman–Crippen LogP) is 3.28. The quantitative estimate of drug-likeness (QED) is 0.880. The van der Waals surface area contributed by atoms with Crippen LogP contribution in [-0.2, 0) is 13.1 Å². The number of benzene rings is 1. The van der Waals surface area contributed by atoms with Gasteiger partial charge in [0.25, 0.3) is 0 Å². The Labute approximate surface area is 116 Å². The normalized spacial score (nSPS) is 10.8. The summed E-state index contributed by atoms with van der Waals surface area (Å²) in [6.07, 6.45) is 3.53. The molecule has 0 saturated carbocycles. The van der Waals surface area contributed by atoms with Crippen LogP contribution in [0.4, 0.5) is 8.78 Å². The first kappa shape index (κ1) is 14.4. The molecule has 0 atom stereocenters. The number of para-hydroxylation sites is 1. The summed E-state index contributed by atoms with van der Waals surface area (Å²) in [7, 11) is 0. The molecular weight excluding hydrogens is 262 g/mol. The van der Waals surface area contributed by atoms with Crippen LogP contribution in [0.25, 0.3) is 0 Å². The van der Waals surface area contributed by atoms with Crippen LogP contribution in [0.2, 0.25) is 0 Å². The summed E-state index contributed by atoms with van der Waals surface area (Å²) in [6.45, 7) is 0.290. The molecule has 0 aliphatic carbocycles. The largest absolute Gasteiger partial charge is 0.434 e. The Hall–Kier alpha value is -2.01. The third-order valence-electron chi connectivity index (χ3n) is 2.96. The topological polar surface area (TPSA) is 34.2 Å². The van der Waals surface area contributed by atoms with Gasteiger partial charge in [-0.1, -0.05) is 18.2 Å². The van der Waals surface area contributed by atoms with Crippen LogP contribution in [0, 0.1) is 6.92 Å². The van der Waals surface area contributed by atoms with Crippen LogP contribution in [0.15, 0.2) is 42.7 Å². The third-order valence-corrected chi connectivity index (χ3v) is 2.96. The Kier molecular flexibility index (Phi) is 5.01. The lowest BCUT2D eigenvalue weighted by molar-refractivity contribution is -0.0505. The van der Waals surface area contributed by atoms with Crippen molar-refractivity contribution in [3.63, 3.8) is 0 Å². The number of nitrogens with zero attached hydrogens (tertiary/aromatic N) is 1. The number of pyridine rings is 1. The van der Waals surface area contributed by atoms with Crippen molar-refractivity contribution in [3.8, 4) is 5.75 Å². The zero-order valence-electron chi connectivity index (χ0n) is 11.1. The van der Waals surface area contributed by atoms with E-state index in [0.29, 0.717) is 18.7 Å². The number of alkyl halides is 2. The first-order valence-corrected chi connectivity index (χ1v) is 6.29. The number of aryl methyl sites for hydroxylation is 1. The predicted molar refractivity (Wildman–Crippen MR) is 72.6 cm³/mol. The first-order valence-electron chi connectivity index (χ1n) is 6.29. The van der Waals surface area contributed by atoms with Gasteiger partial charge in [-0.05, 0) is 30.2 Å². The number of hydrogen-bond acceptors (Lipinski definition) is 3. The van der Waals surface area contributed by atoms with Crippen molar-refractivity contribution in [2.24, 2.45) is 0 Å². The molecule has 1 aromatic heterocycles. The van der Waals surface area contributed by atoms with Crippen molar-refractivity contribution in [2.45, 2.75) is 26.6 Å². The van der Waals surface area contributed by atoms with Crippen LogP contribution in [0.3, 0.4) is 0 Å². The Balaban J connectivity index is 1.96. The fraction of sp³-hybridized carbons (Fsp3) is 0.267. The smallest absolute Gasteiger partial charge is 0.387 e. The van der Waals surface area contributed by atoms with Crippen molar-refractivity contribution in [2.75, 3.05) is 0 Å². The zero-order valence-corrected chi connectivity index (χ0v) is 11.1. The van der Waals surface area contributed by atoms with E-state index in [2.05, 4.69) is 15.0 Å². The van der Waals surface area contributed by atoms with Crippen LogP contribution in [0.1, 0.15) is 16.7 Å². The maximum absolute atomic E-state index is 12.3. The second-order valence-corrected chi connectivity index (χ2v) is 4.39. The highest BCUT2D eigenvalue weighted by atomic mass is 19.3. The molecule has 20 heavy (non-hydrogen) atoms. The van der Waals surface area contributed by atoms with Gasteiger partial charge in [-0.25, -0.2) is 0 Å². The molecule has 106 valence electrons. The second-order valence-electron chi connectivity index (χ2n) is 4.39. The molecule has 5 heteroatoms. The zero-order chi connectivity index (χ0) is 14.4. The average Bonchev–Trinajstić information content (AvgIpc) is 2.42. The maximum Gasteiger partial charge on any atom is 0.387 e. The molecular formula is C15H16F2N2O. The lowest BCUT2D eigenvalue weighted by Gasteiger charge is -2.12. The van der Waals surface area contributed by atoms with Crippen LogP contribution in [-0.4, -0.2) is 11.6 Å². The Morgan fingerprint density at radius 3 is 2.65 bits per heavy atom. The van der Waals surface area contributed by atoms with Crippen molar-refractivity contribution in [3.05, 3.63) is 59.4 Å². The number of hydrogen-bond donors (Lipinski definition) is 1. The molecule has 2 aromatic rings. The van der Waals surface area contributed by atoms with Gasteiger partial charge in [0.05, 0.1) is 0 Å². The maximum atomic E-state index is 12.3. The summed E-state index contributed by atoms with van der Waals surface area (Å²) in [5, 5.41) is 3.22. The van der Waals surface area contributed by atoms with Crippen molar-refractivity contribution in [1.82, 2.24) is 10.3 Å². The molecule has 0 bridgehead atoms. The monoisotopic (exact) mass is 278 g/mol. The molecule has 0 fully saturated rings. The molecule has 0 saturated heterocycles. The van der Waals surface area contributed by atoms with E-state index in [1.165, 1.54) is 0 Å². The van der Waals surface area contributed by atoms with Crippen molar-refractivity contribution < 1.29 is 13.5 Å². The lowest BCUT2D eigenvalue weighted by atomic mass is 10.1. The Morgan fingerprint density at radius 2 is 1.90 bits per heavy atom. The van der Waals surface area contributed by atoms with Gasteiger partial charge >= 0.3 is 6.61 Å². The number of halogens is 2. The number of rotatable bonds is 6. The minimum atomic E-state index is -2.81. The van der Waals surface area contributed by atoms with Gasteiger partial charge in [-0.2, -0.15) is 8.78 Å². The first-order chi connectivity index (χ1) is 9.66. The molecule has 0 aliphatic heterocycles. The summed E-state index contributed by atoms with van der Waals surface area (Å²) in [5.74, 6) is 0.210. The molecule has 1 N–H and O–H groups in total. The fourth-order valence-electron chi connectivity index (χ4n) is 1.89. The molecule has 0 spiro atoms. The molecule has 0 unspecified atom stereocenters. The van der Waals surface area contributed by atoms with Crippen LogP contribution < -0.4 is 10.1 Å². The van der Waals surface area contributed by atoms with Crippen LogP contribution in [0.5, 0.6) is 5.75 Å². The molecule has 0 amide bonds. The van der Waals surface area contributed by atoms with E-state index in [0.717, 1.165) is 11.1 Å². The summed E-state index contributed by atoms with van der Waals surface area (Å²) in [6, 6.07) is 8.72. The van der Waals surface area contributed by atoms with Crippen molar-refractivity contribution >= 4 is 0 Å². The highest BCUT2D eigenvalue weighted by Gasteiger charge is 2.08. The summed E-state index contributed by atoms with van der Waals surface area (Å²) in [4.78, 5) is 4.03. The van der Waals surface area contributed by atoms with E-state index >= 15 is 0 Å². The highest BCUT2D eigenvalue weighted by Crippen LogP contribution is 2.20. The molecule has 3 nitrogen and oxygen atoms in total. The average molecular weight is 278 g/mol. The van der Waals surface area contributed by atoms with E-state index in [9.17, 15) is 8.78 Å². The van der Waals surface area contributed by atoms with Crippen LogP contribution >= 0.6 is 0 Å². The van der Waals surface area contributed by atoms with Crippen molar-refractivity contribution in [1.29, 1.82) is 0 Å².